The number of hydrogen-bond donors (Lipinski definition) is 3. The fourth-order valence-electron chi connectivity index (χ4n) is 3.29. The van der Waals surface area contributed by atoms with Crippen molar-refractivity contribution in [1.82, 2.24) is 15.3 Å². The zero-order valence-electron chi connectivity index (χ0n) is 19.3. The summed E-state index contributed by atoms with van der Waals surface area (Å²) in [7, 11) is 0. The maximum Gasteiger partial charge on any atom is 0.416 e. The van der Waals surface area contributed by atoms with E-state index in [2.05, 4.69) is 15.3 Å². The van der Waals surface area contributed by atoms with Crippen molar-refractivity contribution < 1.29 is 31.5 Å². The third-order valence-corrected chi connectivity index (χ3v) is 5.71. The summed E-state index contributed by atoms with van der Waals surface area (Å²) in [5.41, 5.74) is 5.51. The summed E-state index contributed by atoms with van der Waals surface area (Å²) in [5.74, 6) is -2.96. The molecule has 190 valence electrons. The number of alkyl halides is 5. The van der Waals surface area contributed by atoms with Gasteiger partial charge in [0.1, 0.15) is 5.82 Å². The number of aromatic nitrogens is 2. The van der Waals surface area contributed by atoms with E-state index in [9.17, 15) is 26.7 Å². The van der Waals surface area contributed by atoms with Gasteiger partial charge in [-0.1, -0.05) is 25.3 Å². The topological polar surface area (TPSA) is 93.0 Å². The Morgan fingerprint density at radius 3 is 2.47 bits per heavy atom. The molecule has 2 saturated carbocycles. The van der Waals surface area contributed by atoms with Gasteiger partial charge in [0.25, 0.3) is 0 Å². The molecule has 1 atom stereocenters. The van der Waals surface area contributed by atoms with Gasteiger partial charge < -0.3 is 20.8 Å². The van der Waals surface area contributed by atoms with Crippen molar-refractivity contribution in [3.63, 3.8) is 0 Å². The van der Waals surface area contributed by atoms with Gasteiger partial charge >= 0.3 is 6.18 Å². The van der Waals surface area contributed by atoms with E-state index in [4.69, 9.17) is 10.5 Å². The quantitative estimate of drug-likeness (QED) is 0.447. The van der Waals surface area contributed by atoms with Crippen LogP contribution in [0.4, 0.5) is 22.0 Å². The van der Waals surface area contributed by atoms with Gasteiger partial charge in [0, 0.05) is 25.8 Å². The lowest BCUT2D eigenvalue weighted by molar-refractivity contribution is -0.264. The molecule has 11 heteroatoms. The number of nitrogens with zero attached hydrogens (tertiary/aromatic N) is 1. The molecule has 2 aliphatic carbocycles. The zero-order chi connectivity index (χ0) is 25.1. The molecule has 2 aromatic rings. The Labute approximate surface area is 194 Å². The molecule has 0 aliphatic heterocycles. The lowest BCUT2D eigenvalue weighted by Gasteiger charge is -2.34. The minimum absolute atomic E-state index is 0.0647. The van der Waals surface area contributed by atoms with Crippen LogP contribution in [-0.2, 0) is 16.1 Å². The number of aromatic amines is 1. The molecular formula is C23H31F5N4O2. The number of hydrogen-bond acceptors (Lipinski definition) is 4. The van der Waals surface area contributed by atoms with E-state index in [0.717, 1.165) is 19.4 Å². The first-order valence-electron chi connectivity index (χ1n) is 11.3. The predicted molar refractivity (Wildman–Crippen MR) is 117 cm³/mol. The van der Waals surface area contributed by atoms with Gasteiger partial charge in [-0.3, -0.25) is 4.79 Å². The van der Waals surface area contributed by atoms with Gasteiger partial charge in [-0.2, -0.15) is 13.2 Å². The summed E-state index contributed by atoms with van der Waals surface area (Å²) in [4.78, 5) is 19.2. The lowest BCUT2D eigenvalue weighted by atomic mass is 9.79. The standard InChI is InChI=1S/C20H25F5N4O2.C3H6/c1-18(2,20(23,24)25)31-10-13(26)17-28-14-4-3-11(5-15(14)29-17)9-27-16(30)6-12-7-19(21,22)8-12;1-2-3-1/h3-5,12-13H,6-10,26H2,1-2H3,(H,27,30)(H,28,29);1-3H2. The predicted octanol–water partition coefficient (Wildman–Crippen LogP) is 5.14. The summed E-state index contributed by atoms with van der Waals surface area (Å²) in [6, 6.07) is 4.27. The molecule has 34 heavy (non-hydrogen) atoms. The van der Waals surface area contributed by atoms with E-state index in [1.54, 1.807) is 18.2 Å². The Kier molecular flexibility index (Phi) is 7.86. The van der Waals surface area contributed by atoms with E-state index in [1.165, 1.54) is 19.3 Å². The highest BCUT2D eigenvalue weighted by atomic mass is 19.4. The molecule has 1 aromatic carbocycles. The molecule has 2 aliphatic rings. The number of carbonyl (C=O) groups is 1. The van der Waals surface area contributed by atoms with Crippen molar-refractivity contribution in [3.05, 3.63) is 29.6 Å². The van der Waals surface area contributed by atoms with Gasteiger partial charge in [-0.25, -0.2) is 13.8 Å². The van der Waals surface area contributed by atoms with Crippen LogP contribution in [0.2, 0.25) is 0 Å². The molecule has 1 aromatic heterocycles. The lowest BCUT2D eigenvalue weighted by Crippen LogP contribution is -2.43. The first-order valence-corrected chi connectivity index (χ1v) is 11.3. The highest BCUT2D eigenvalue weighted by Crippen LogP contribution is 2.43. The van der Waals surface area contributed by atoms with Gasteiger partial charge in [0.05, 0.1) is 23.7 Å². The summed E-state index contributed by atoms with van der Waals surface area (Å²) in [6.07, 6.45) is -0.477. The van der Waals surface area contributed by atoms with Crippen molar-refractivity contribution >= 4 is 16.9 Å². The highest BCUT2D eigenvalue weighted by molar-refractivity contribution is 5.78. The molecule has 0 radical (unpaired) electrons. The van der Waals surface area contributed by atoms with Crippen molar-refractivity contribution in [3.8, 4) is 0 Å². The van der Waals surface area contributed by atoms with Gasteiger partial charge in [0.2, 0.25) is 11.8 Å². The van der Waals surface area contributed by atoms with Crippen LogP contribution < -0.4 is 11.1 Å². The monoisotopic (exact) mass is 490 g/mol. The van der Waals surface area contributed by atoms with Crippen LogP contribution in [0.15, 0.2) is 18.2 Å². The van der Waals surface area contributed by atoms with E-state index in [-0.39, 0.29) is 50.1 Å². The minimum Gasteiger partial charge on any atom is -0.364 e. The average Bonchev–Trinajstić information content (AvgIpc) is 3.53. The van der Waals surface area contributed by atoms with Crippen molar-refractivity contribution in [2.75, 3.05) is 6.61 Å². The second kappa shape index (κ2) is 10.2. The van der Waals surface area contributed by atoms with E-state index in [0.29, 0.717) is 11.0 Å². The molecular weight excluding hydrogens is 459 g/mol. The summed E-state index contributed by atoms with van der Waals surface area (Å²) in [5, 5.41) is 2.70. The summed E-state index contributed by atoms with van der Waals surface area (Å²) < 4.78 is 69.4. The second-order valence-electron chi connectivity index (χ2n) is 9.57. The van der Waals surface area contributed by atoms with Crippen LogP contribution in [-0.4, -0.2) is 40.2 Å². The van der Waals surface area contributed by atoms with Crippen molar-refractivity contribution in [2.45, 2.75) is 82.7 Å². The van der Waals surface area contributed by atoms with Crippen LogP contribution in [0.5, 0.6) is 0 Å². The Hall–Kier alpha value is -2.27. The Morgan fingerprint density at radius 2 is 1.91 bits per heavy atom. The van der Waals surface area contributed by atoms with Crippen LogP contribution in [0.3, 0.4) is 0 Å². The van der Waals surface area contributed by atoms with Gasteiger partial charge in [0.15, 0.2) is 5.60 Å². The minimum atomic E-state index is -4.53. The first kappa shape index (κ1) is 26.3. The molecule has 4 rings (SSSR count). The largest absolute Gasteiger partial charge is 0.416 e. The number of rotatable bonds is 8. The number of nitrogens with one attached hydrogen (secondary N) is 2. The summed E-state index contributed by atoms with van der Waals surface area (Å²) >= 11 is 0. The van der Waals surface area contributed by atoms with Crippen LogP contribution in [0.25, 0.3) is 11.0 Å². The highest BCUT2D eigenvalue weighted by Gasteiger charge is 2.48. The number of amides is 1. The number of imidazole rings is 1. The number of nitrogens with two attached hydrogens (primary N) is 1. The first-order chi connectivity index (χ1) is 15.8. The van der Waals surface area contributed by atoms with Crippen LogP contribution in [0.1, 0.15) is 69.8 Å². The molecule has 1 amide bonds. The Bertz CT molecular complexity index is 977. The van der Waals surface area contributed by atoms with Gasteiger partial charge in [-0.05, 0) is 37.5 Å². The molecule has 0 spiro atoms. The molecule has 2 fully saturated rings. The third kappa shape index (κ3) is 7.36. The van der Waals surface area contributed by atoms with Gasteiger partial charge in [-0.15, -0.1) is 0 Å². The number of fused-ring (bicyclic) bond motifs is 1. The number of H-pyrrole nitrogens is 1. The van der Waals surface area contributed by atoms with E-state index >= 15 is 0 Å². The Morgan fingerprint density at radius 1 is 1.26 bits per heavy atom. The number of halogens is 5. The smallest absolute Gasteiger partial charge is 0.364 e. The van der Waals surface area contributed by atoms with Crippen LogP contribution >= 0.6 is 0 Å². The zero-order valence-corrected chi connectivity index (χ0v) is 19.3. The normalized spacial score (nSPS) is 18.6. The molecule has 6 nitrogen and oxygen atoms in total. The molecule has 4 N–H and O–H groups in total. The fraction of sp³-hybridized carbons (Fsp3) is 0.652. The maximum absolute atomic E-state index is 12.9. The van der Waals surface area contributed by atoms with E-state index < -0.39 is 23.7 Å². The number of benzene rings is 1. The maximum atomic E-state index is 12.9. The van der Waals surface area contributed by atoms with E-state index in [1.807, 2.05) is 0 Å². The fourth-order valence-corrected chi connectivity index (χ4v) is 3.29. The number of carbonyl (C=O) groups excluding carboxylic acids is 1. The summed E-state index contributed by atoms with van der Waals surface area (Å²) in [6.45, 7) is 1.68. The van der Waals surface area contributed by atoms with Crippen molar-refractivity contribution in [1.29, 1.82) is 0 Å². The molecule has 1 heterocycles. The second-order valence-corrected chi connectivity index (χ2v) is 9.57. The number of ether oxygens (including phenoxy) is 1. The van der Waals surface area contributed by atoms with Crippen molar-refractivity contribution in [2.24, 2.45) is 11.7 Å². The van der Waals surface area contributed by atoms with Crippen LogP contribution in [0, 0.1) is 5.92 Å². The third-order valence-electron chi connectivity index (χ3n) is 5.71. The molecule has 0 saturated heterocycles. The SMILES string of the molecule is C1CC1.CC(C)(OCC(N)c1nc2ccc(CNC(=O)CC3CC(F)(F)C3)cc2[nH]1)C(F)(F)F. The molecule has 0 bridgehead atoms. The Balaban J connectivity index is 0.000000999. The molecule has 1 unspecified atom stereocenters. The average molecular weight is 491 g/mol.